The summed E-state index contributed by atoms with van der Waals surface area (Å²) in [6.07, 6.45) is 0. The Morgan fingerprint density at radius 3 is 2.55 bits per heavy atom. The molecule has 100 valence electrons. The summed E-state index contributed by atoms with van der Waals surface area (Å²) >= 11 is 0. The molecule has 0 radical (unpaired) electrons. The maximum atomic E-state index is 13.1. The van der Waals surface area contributed by atoms with E-state index in [-0.39, 0.29) is 23.2 Å². The fourth-order valence-corrected chi connectivity index (χ4v) is 1.74. The lowest BCUT2D eigenvalue weighted by atomic mass is 10.2. The molecule has 0 saturated heterocycles. The first kappa shape index (κ1) is 12.2. The lowest BCUT2D eigenvalue weighted by Crippen LogP contribution is -1.82. The average Bonchev–Trinajstić information content (AvgIpc) is 2.92. The third kappa shape index (κ3) is 2.18. The van der Waals surface area contributed by atoms with Gasteiger partial charge in [-0.2, -0.15) is 4.98 Å². The molecule has 1 aromatic heterocycles. The van der Waals surface area contributed by atoms with Crippen molar-refractivity contribution < 1.29 is 19.1 Å². The number of hydrogen-bond donors (Lipinski definition) is 2. The monoisotopic (exact) mass is 272 g/mol. The zero-order valence-electron chi connectivity index (χ0n) is 10.1. The third-order valence-electron chi connectivity index (χ3n) is 2.73. The first-order valence-corrected chi connectivity index (χ1v) is 5.75. The van der Waals surface area contributed by atoms with E-state index in [0.29, 0.717) is 11.1 Å². The Kier molecular flexibility index (Phi) is 2.83. The Morgan fingerprint density at radius 1 is 0.950 bits per heavy atom. The molecule has 0 aliphatic heterocycles. The predicted molar refractivity (Wildman–Crippen MR) is 68.5 cm³/mol. The first-order valence-electron chi connectivity index (χ1n) is 5.75. The van der Waals surface area contributed by atoms with Gasteiger partial charge in [-0.05, 0) is 36.4 Å². The highest BCUT2D eigenvalue weighted by Crippen LogP contribution is 2.30. The average molecular weight is 272 g/mol. The minimum atomic E-state index is -0.399. The van der Waals surface area contributed by atoms with E-state index in [1.807, 2.05) is 0 Å². The highest BCUT2D eigenvalue weighted by atomic mass is 19.1. The molecule has 3 aromatic rings. The summed E-state index contributed by atoms with van der Waals surface area (Å²) < 4.78 is 18.2. The van der Waals surface area contributed by atoms with Crippen molar-refractivity contribution in [3.8, 4) is 34.3 Å². The summed E-state index contributed by atoms with van der Waals surface area (Å²) in [5.41, 5.74) is 0.943. The minimum absolute atomic E-state index is 0.173. The van der Waals surface area contributed by atoms with Gasteiger partial charge in [0.2, 0.25) is 5.82 Å². The van der Waals surface area contributed by atoms with Crippen molar-refractivity contribution in [1.82, 2.24) is 10.1 Å². The van der Waals surface area contributed by atoms with E-state index in [1.54, 1.807) is 12.1 Å². The number of aromatic hydroxyl groups is 2. The molecule has 0 bridgehead atoms. The standard InChI is InChI=1S/C14H9FN2O3/c15-10-3-1-2-9(6-10)14-16-13(17-20-14)8-4-5-11(18)12(19)7-8/h1-7,18-19H. The number of nitrogens with zero attached hydrogens (tertiary/aromatic N) is 2. The van der Waals surface area contributed by atoms with Gasteiger partial charge in [-0.15, -0.1) is 0 Å². The molecular formula is C14H9FN2O3. The fraction of sp³-hybridized carbons (Fsp3) is 0. The Bertz CT molecular complexity index is 771. The Hall–Kier alpha value is -2.89. The zero-order chi connectivity index (χ0) is 14.1. The number of benzene rings is 2. The van der Waals surface area contributed by atoms with Gasteiger partial charge in [0.1, 0.15) is 5.82 Å². The molecule has 0 unspecified atom stereocenters. The van der Waals surface area contributed by atoms with Crippen LogP contribution in [0.25, 0.3) is 22.8 Å². The number of rotatable bonds is 2. The number of phenols is 2. The third-order valence-corrected chi connectivity index (χ3v) is 2.73. The Balaban J connectivity index is 1.99. The fourth-order valence-electron chi connectivity index (χ4n) is 1.74. The van der Waals surface area contributed by atoms with Crippen LogP contribution in [-0.2, 0) is 0 Å². The van der Waals surface area contributed by atoms with E-state index >= 15 is 0 Å². The van der Waals surface area contributed by atoms with Crippen LogP contribution in [0, 0.1) is 5.82 Å². The SMILES string of the molecule is Oc1ccc(-c2noc(-c3cccc(F)c3)n2)cc1O. The lowest BCUT2D eigenvalue weighted by molar-refractivity contribution is 0.404. The van der Waals surface area contributed by atoms with E-state index in [9.17, 15) is 14.6 Å². The summed E-state index contributed by atoms with van der Waals surface area (Å²) in [4.78, 5) is 4.13. The van der Waals surface area contributed by atoms with Crippen LogP contribution in [0.3, 0.4) is 0 Å². The second-order valence-corrected chi connectivity index (χ2v) is 4.14. The molecule has 0 amide bonds. The largest absolute Gasteiger partial charge is 0.504 e. The second-order valence-electron chi connectivity index (χ2n) is 4.14. The summed E-state index contributed by atoms with van der Waals surface area (Å²) in [5, 5.41) is 22.4. The zero-order valence-corrected chi connectivity index (χ0v) is 10.1. The van der Waals surface area contributed by atoms with Gasteiger partial charge in [0.05, 0.1) is 0 Å². The van der Waals surface area contributed by atoms with E-state index in [2.05, 4.69) is 10.1 Å². The summed E-state index contributed by atoms with van der Waals surface area (Å²) in [6.45, 7) is 0. The Morgan fingerprint density at radius 2 is 1.80 bits per heavy atom. The van der Waals surface area contributed by atoms with Crippen LogP contribution in [0.15, 0.2) is 47.0 Å². The van der Waals surface area contributed by atoms with Crippen LogP contribution in [0.1, 0.15) is 0 Å². The maximum Gasteiger partial charge on any atom is 0.258 e. The molecule has 6 heteroatoms. The molecule has 5 nitrogen and oxygen atoms in total. The first-order chi connectivity index (χ1) is 9.63. The van der Waals surface area contributed by atoms with Gasteiger partial charge in [0.25, 0.3) is 5.89 Å². The van der Waals surface area contributed by atoms with Crippen molar-refractivity contribution >= 4 is 0 Å². The quantitative estimate of drug-likeness (QED) is 0.701. The van der Waals surface area contributed by atoms with Gasteiger partial charge in [-0.3, -0.25) is 0 Å². The topological polar surface area (TPSA) is 79.4 Å². The van der Waals surface area contributed by atoms with Gasteiger partial charge in [-0.25, -0.2) is 4.39 Å². The summed E-state index contributed by atoms with van der Waals surface area (Å²) in [5.74, 6) is -0.502. The van der Waals surface area contributed by atoms with E-state index in [1.165, 1.54) is 30.3 Å². The second kappa shape index (κ2) is 4.65. The van der Waals surface area contributed by atoms with Crippen molar-refractivity contribution in [2.24, 2.45) is 0 Å². The van der Waals surface area contributed by atoms with Crippen LogP contribution in [0.4, 0.5) is 4.39 Å². The molecule has 1 heterocycles. The van der Waals surface area contributed by atoms with Crippen LogP contribution in [0.2, 0.25) is 0 Å². The van der Waals surface area contributed by atoms with Crippen LogP contribution < -0.4 is 0 Å². The van der Waals surface area contributed by atoms with Crippen molar-refractivity contribution in [1.29, 1.82) is 0 Å². The number of hydrogen-bond acceptors (Lipinski definition) is 5. The molecule has 0 fully saturated rings. The summed E-state index contributed by atoms with van der Waals surface area (Å²) in [7, 11) is 0. The van der Waals surface area contributed by atoms with Crippen LogP contribution in [0.5, 0.6) is 11.5 Å². The molecular weight excluding hydrogens is 263 g/mol. The molecule has 0 spiro atoms. The van der Waals surface area contributed by atoms with Crippen molar-refractivity contribution in [2.45, 2.75) is 0 Å². The molecule has 2 aromatic carbocycles. The van der Waals surface area contributed by atoms with Gasteiger partial charge in [0, 0.05) is 11.1 Å². The summed E-state index contributed by atoms with van der Waals surface area (Å²) in [6, 6.07) is 9.97. The normalized spacial score (nSPS) is 10.7. The van der Waals surface area contributed by atoms with Crippen LogP contribution in [-0.4, -0.2) is 20.4 Å². The van der Waals surface area contributed by atoms with Crippen molar-refractivity contribution in [3.05, 3.63) is 48.3 Å². The van der Waals surface area contributed by atoms with Crippen molar-refractivity contribution in [3.63, 3.8) is 0 Å². The highest BCUT2D eigenvalue weighted by molar-refractivity contribution is 5.62. The maximum absolute atomic E-state index is 13.1. The van der Waals surface area contributed by atoms with Gasteiger partial charge in [0.15, 0.2) is 11.5 Å². The molecule has 0 atom stereocenters. The Labute approximate surface area is 112 Å². The molecule has 2 N–H and O–H groups in total. The minimum Gasteiger partial charge on any atom is -0.504 e. The molecule has 0 aliphatic rings. The number of halogens is 1. The lowest BCUT2D eigenvalue weighted by Gasteiger charge is -1.98. The van der Waals surface area contributed by atoms with Crippen molar-refractivity contribution in [2.75, 3.05) is 0 Å². The molecule has 20 heavy (non-hydrogen) atoms. The highest BCUT2D eigenvalue weighted by Gasteiger charge is 2.12. The number of aromatic nitrogens is 2. The van der Waals surface area contributed by atoms with E-state index in [0.717, 1.165) is 0 Å². The predicted octanol–water partition coefficient (Wildman–Crippen LogP) is 2.95. The molecule has 3 rings (SSSR count). The van der Waals surface area contributed by atoms with Gasteiger partial charge in [-0.1, -0.05) is 11.2 Å². The number of phenolic OH excluding ortho intramolecular Hbond substituents is 2. The smallest absolute Gasteiger partial charge is 0.258 e. The van der Waals surface area contributed by atoms with Gasteiger partial charge < -0.3 is 14.7 Å². The van der Waals surface area contributed by atoms with Gasteiger partial charge >= 0.3 is 0 Å². The van der Waals surface area contributed by atoms with Crippen LogP contribution >= 0.6 is 0 Å². The van der Waals surface area contributed by atoms with E-state index in [4.69, 9.17) is 4.52 Å². The molecule has 0 aliphatic carbocycles. The molecule has 0 saturated carbocycles. The van der Waals surface area contributed by atoms with E-state index < -0.39 is 5.82 Å².